The fourth-order valence-electron chi connectivity index (χ4n) is 9.25. The van der Waals surface area contributed by atoms with Gasteiger partial charge in [0.1, 0.15) is 22.3 Å². The highest BCUT2D eigenvalue weighted by Crippen LogP contribution is 2.42. The van der Waals surface area contributed by atoms with Crippen molar-refractivity contribution in [2.45, 2.75) is 0 Å². The maximum Gasteiger partial charge on any atom is 0.164 e. The van der Waals surface area contributed by atoms with E-state index in [9.17, 15) is 0 Å². The Hall–Kier alpha value is -8.41. The Balaban J connectivity index is 1.03. The molecule has 0 radical (unpaired) electrons. The fourth-order valence-corrected chi connectivity index (χ4v) is 9.25. The highest BCUT2D eigenvalue weighted by Gasteiger charge is 2.21. The normalized spacial score (nSPS) is 11.9. The highest BCUT2D eigenvalue weighted by molar-refractivity contribution is 6.19. The van der Waals surface area contributed by atoms with E-state index in [2.05, 4.69) is 170 Å². The summed E-state index contributed by atoms with van der Waals surface area (Å²) in [6.45, 7) is 0. The summed E-state index contributed by atoms with van der Waals surface area (Å²) in [5.74, 6) is 1.74. The number of hydrogen-bond acceptors (Lipinski definition) is 5. The molecule has 0 spiro atoms. The average molecular weight is 792 g/mol. The monoisotopic (exact) mass is 791 g/mol. The van der Waals surface area contributed by atoms with E-state index >= 15 is 0 Å². The number of fused-ring (bicyclic) bond motifs is 10. The van der Waals surface area contributed by atoms with Gasteiger partial charge in [-0.2, -0.15) is 0 Å². The topological polar surface area (TPSA) is 65.0 Å². The first-order valence-corrected chi connectivity index (χ1v) is 20.8. The van der Waals surface area contributed by atoms with E-state index in [1.165, 1.54) is 16.3 Å². The number of furan rings is 2. The predicted molar refractivity (Wildman–Crippen MR) is 254 cm³/mol. The van der Waals surface area contributed by atoms with Crippen LogP contribution in [0.4, 0.5) is 0 Å². The lowest BCUT2D eigenvalue weighted by Crippen LogP contribution is -2.00. The minimum atomic E-state index is 0.569. The van der Waals surface area contributed by atoms with Crippen LogP contribution in [0.3, 0.4) is 0 Å². The molecule has 0 bridgehead atoms. The second kappa shape index (κ2) is 13.6. The van der Waals surface area contributed by atoms with Gasteiger partial charge in [0.05, 0.1) is 0 Å². The summed E-state index contributed by atoms with van der Waals surface area (Å²) in [7, 11) is 0. The van der Waals surface area contributed by atoms with Gasteiger partial charge in [-0.1, -0.05) is 158 Å². The molecule has 0 N–H and O–H groups in total. The van der Waals surface area contributed by atoms with Crippen molar-refractivity contribution >= 4 is 76.2 Å². The minimum absolute atomic E-state index is 0.569. The minimum Gasteiger partial charge on any atom is -0.456 e. The SMILES string of the molecule is c1ccc(-c2ccc3ccc(-c4nc(-c5ccc6ccc7oc8ccccc8c7c6c5)nc(-c5cccc6oc7c(-c8ccc9ccccc9c8)cccc7c56)n4)cc3c2)cc1. The van der Waals surface area contributed by atoms with Gasteiger partial charge in [-0.15, -0.1) is 0 Å². The van der Waals surface area contributed by atoms with Gasteiger partial charge in [0.2, 0.25) is 0 Å². The summed E-state index contributed by atoms with van der Waals surface area (Å²) in [4.78, 5) is 15.9. The van der Waals surface area contributed by atoms with E-state index in [0.717, 1.165) is 98.8 Å². The highest BCUT2D eigenvalue weighted by atomic mass is 16.3. The fraction of sp³-hybridized carbons (Fsp3) is 0. The van der Waals surface area contributed by atoms with Crippen LogP contribution in [-0.2, 0) is 0 Å². The third kappa shape index (κ3) is 5.52. The number of hydrogen-bond donors (Lipinski definition) is 0. The van der Waals surface area contributed by atoms with Gasteiger partial charge in [0, 0.05) is 43.8 Å². The number of para-hydroxylation sites is 2. The van der Waals surface area contributed by atoms with E-state index in [1.807, 2.05) is 30.3 Å². The number of rotatable bonds is 5. The molecule has 13 aromatic rings. The van der Waals surface area contributed by atoms with Gasteiger partial charge < -0.3 is 8.83 Å². The van der Waals surface area contributed by atoms with Crippen LogP contribution in [0.1, 0.15) is 0 Å². The zero-order valence-corrected chi connectivity index (χ0v) is 33.2. The third-order valence-electron chi connectivity index (χ3n) is 12.3. The number of nitrogens with zero attached hydrogens (tertiary/aromatic N) is 3. The molecule has 0 amide bonds. The summed E-state index contributed by atoms with van der Waals surface area (Å²) in [6.07, 6.45) is 0. The van der Waals surface area contributed by atoms with Crippen molar-refractivity contribution in [3.05, 3.63) is 200 Å². The van der Waals surface area contributed by atoms with Gasteiger partial charge in [-0.05, 0) is 91.5 Å². The van der Waals surface area contributed by atoms with Crippen LogP contribution in [0.5, 0.6) is 0 Å². The summed E-state index contributed by atoms with van der Waals surface area (Å²) in [6, 6.07) is 69.9. The van der Waals surface area contributed by atoms with Crippen molar-refractivity contribution in [1.82, 2.24) is 15.0 Å². The summed E-state index contributed by atoms with van der Waals surface area (Å²) >= 11 is 0. The Morgan fingerprint density at radius 3 is 1.73 bits per heavy atom. The lowest BCUT2D eigenvalue weighted by atomic mass is 9.98. The molecule has 62 heavy (non-hydrogen) atoms. The third-order valence-corrected chi connectivity index (χ3v) is 12.3. The Kier molecular flexibility index (Phi) is 7.54. The first-order chi connectivity index (χ1) is 30.7. The van der Waals surface area contributed by atoms with Crippen LogP contribution in [0.25, 0.3) is 133 Å². The first-order valence-electron chi connectivity index (χ1n) is 20.8. The van der Waals surface area contributed by atoms with Crippen molar-refractivity contribution in [3.8, 4) is 56.4 Å². The first kappa shape index (κ1) is 34.5. The van der Waals surface area contributed by atoms with Crippen LogP contribution in [0.2, 0.25) is 0 Å². The van der Waals surface area contributed by atoms with Gasteiger partial charge >= 0.3 is 0 Å². The maximum atomic E-state index is 6.77. The Morgan fingerprint density at radius 2 is 0.855 bits per heavy atom. The summed E-state index contributed by atoms with van der Waals surface area (Å²) in [5, 5.41) is 11.0. The largest absolute Gasteiger partial charge is 0.456 e. The molecule has 0 aliphatic carbocycles. The van der Waals surface area contributed by atoms with Gasteiger partial charge in [-0.3, -0.25) is 0 Å². The van der Waals surface area contributed by atoms with E-state index in [1.54, 1.807) is 0 Å². The Bertz CT molecular complexity index is 3940. The molecule has 5 heteroatoms. The van der Waals surface area contributed by atoms with Crippen molar-refractivity contribution < 1.29 is 8.83 Å². The smallest absolute Gasteiger partial charge is 0.164 e. The molecule has 288 valence electrons. The summed E-state index contributed by atoms with van der Waals surface area (Å²) in [5.41, 5.74) is 10.4. The lowest BCUT2D eigenvalue weighted by molar-refractivity contribution is 0.669. The molecule has 3 aromatic heterocycles. The van der Waals surface area contributed by atoms with Crippen LogP contribution in [-0.4, -0.2) is 15.0 Å². The molecular weight excluding hydrogens is 759 g/mol. The van der Waals surface area contributed by atoms with E-state index in [4.69, 9.17) is 23.8 Å². The number of benzene rings is 10. The molecule has 0 fully saturated rings. The molecule has 5 nitrogen and oxygen atoms in total. The van der Waals surface area contributed by atoms with Crippen molar-refractivity contribution in [3.63, 3.8) is 0 Å². The van der Waals surface area contributed by atoms with Crippen LogP contribution >= 0.6 is 0 Å². The van der Waals surface area contributed by atoms with E-state index < -0.39 is 0 Å². The molecule has 0 aliphatic heterocycles. The zero-order chi connectivity index (χ0) is 40.7. The van der Waals surface area contributed by atoms with E-state index in [0.29, 0.717) is 17.5 Å². The van der Waals surface area contributed by atoms with Crippen LogP contribution < -0.4 is 0 Å². The molecule has 0 aliphatic rings. The van der Waals surface area contributed by atoms with Gasteiger partial charge in [-0.25, -0.2) is 15.0 Å². The molecular formula is C57H33N3O2. The molecule has 0 unspecified atom stereocenters. The predicted octanol–water partition coefficient (Wildman–Crippen LogP) is 15.5. The molecule has 0 atom stereocenters. The molecule has 10 aromatic carbocycles. The van der Waals surface area contributed by atoms with Crippen molar-refractivity contribution in [1.29, 1.82) is 0 Å². The van der Waals surface area contributed by atoms with Crippen molar-refractivity contribution in [2.75, 3.05) is 0 Å². The van der Waals surface area contributed by atoms with Gasteiger partial charge in [0.15, 0.2) is 17.5 Å². The maximum absolute atomic E-state index is 6.77. The van der Waals surface area contributed by atoms with Crippen LogP contribution in [0.15, 0.2) is 209 Å². The Labute approximate surface area is 355 Å². The molecule has 0 saturated carbocycles. The summed E-state index contributed by atoms with van der Waals surface area (Å²) < 4.78 is 13.1. The van der Waals surface area contributed by atoms with Gasteiger partial charge in [0.25, 0.3) is 0 Å². The molecule has 3 heterocycles. The Morgan fingerprint density at radius 1 is 0.274 bits per heavy atom. The van der Waals surface area contributed by atoms with Crippen molar-refractivity contribution in [2.24, 2.45) is 0 Å². The molecule has 13 rings (SSSR count). The standard InChI is InChI=1S/C57H33N3O2/c1-2-10-34(11-3-1)39-24-20-36-22-26-41(32-43(36)31-39)55-58-56(42-27-23-37-28-29-51-52(48(37)33-42)45-14-6-7-18-49(45)61-51)60-57(59-55)47-17-9-19-50-53(47)46-16-8-15-44(54(46)62-50)40-25-21-35-12-4-5-13-38(35)30-40/h1-33H. The number of aromatic nitrogens is 3. The quantitative estimate of drug-likeness (QED) is 0.174. The second-order valence-electron chi connectivity index (χ2n) is 15.9. The van der Waals surface area contributed by atoms with Crippen LogP contribution in [0, 0.1) is 0 Å². The second-order valence-corrected chi connectivity index (χ2v) is 15.9. The zero-order valence-electron chi connectivity index (χ0n) is 33.2. The van der Waals surface area contributed by atoms with E-state index in [-0.39, 0.29) is 0 Å². The average Bonchev–Trinajstić information content (AvgIpc) is 3.93. The molecule has 0 saturated heterocycles. The lowest BCUT2D eigenvalue weighted by Gasteiger charge is -2.11.